The first-order chi connectivity index (χ1) is 6.51. The molecule has 3 N–H and O–H groups in total. The van der Waals surface area contributed by atoms with Crippen molar-refractivity contribution in [2.45, 2.75) is 12.5 Å². The molecule has 0 bridgehead atoms. The molecule has 1 aromatic carbocycles. The van der Waals surface area contributed by atoms with E-state index in [-0.39, 0.29) is 6.61 Å². The fourth-order valence-corrected chi connectivity index (χ4v) is 1.52. The van der Waals surface area contributed by atoms with Crippen molar-refractivity contribution in [1.29, 1.82) is 5.26 Å². The standard InChI is InChI=1S/C10H11BrN2O/c1-10(13,6-14)8-3-2-7(5-12)9(11)4-8/h2-4,14H,6,13H2,1H3/t10-/m0/s1. The molecule has 0 aliphatic heterocycles. The quantitative estimate of drug-likeness (QED) is 0.841. The zero-order chi connectivity index (χ0) is 10.8. The summed E-state index contributed by atoms with van der Waals surface area (Å²) in [6, 6.07) is 7.23. The van der Waals surface area contributed by atoms with Crippen LogP contribution in [0.5, 0.6) is 0 Å². The Labute approximate surface area is 91.3 Å². The molecule has 3 nitrogen and oxygen atoms in total. The van der Waals surface area contributed by atoms with E-state index in [0.717, 1.165) is 5.56 Å². The lowest BCUT2D eigenvalue weighted by Crippen LogP contribution is -2.36. The molecule has 1 atom stereocenters. The van der Waals surface area contributed by atoms with Gasteiger partial charge in [-0.3, -0.25) is 0 Å². The van der Waals surface area contributed by atoms with Gasteiger partial charge in [-0.05, 0) is 40.5 Å². The number of nitriles is 1. The minimum atomic E-state index is -0.767. The molecule has 0 aromatic heterocycles. The van der Waals surface area contributed by atoms with Crippen LogP contribution in [0.2, 0.25) is 0 Å². The van der Waals surface area contributed by atoms with E-state index in [0.29, 0.717) is 10.0 Å². The van der Waals surface area contributed by atoms with E-state index < -0.39 is 5.54 Å². The first kappa shape index (κ1) is 11.2. The molecule has 0 amide bonds. The van der Waals surface area contributed by atoms with Crippen LogP contribution in [0.3, 0.4) is 0 Å². The molecule has 0 unspecified atom stereocenters. The van der Waals surface area contributed by atoms with Gasteiger partial charge in [0.15, 0.2) is 0 Å². The summed E-state index contributed by atoms with van der Waals surface area (Å²) in [4.78, 5) is 0. The molecule has 74 valence electrons. The molecule has 0 spiro atoms. The third-order valence-electron chi connectivity index (χ3n) is 2.08. The summed E-state index contributed by atoms with van der Waals surface area (Å²) >= 11 is 3.27. The molecule has 0 aliphatic carbocycles. The Bertz CT molecular complexity index is 382. The van der Waals surface area contributed by atoms with Gasteiger partial charge in [-0.2, -0.15) is 5.26 Å². The predicted molar refractivity (Wildman–Crippen MR) is 57.5 cm³/mol. The average Bonchev–Trinajstić information content (AvgIpc) is 2.17. The minimum Gasteiger partial charge on any atom is -0.394 e. The smallest absolute Gasteiger partial charge is 0.100 e. The van der Waals surface area contributed by atoms with Gasteiger partial charge in [0.25, 0.3) is 0 Å². The lowest BCUT2D eigenvalue weighted by molar-refractivity contribution is 0.210. The summed E-state index contributed by atoms with van der Waals surface area (Å²) < 4.78 is 0.697. The third-order valence-corrected chi connectivity index (χ3v) is 2.73. The lowest BCUT2D eigenvalue weighted by atomic mass is 9.93. The van der Waals surface area contributed by atoms with Crippen molar-refractivity contribution >= 4 is 15.9 Å². The molecular weight excluding hydrogens is 244 g/mol. The topological polar surface area (TPSA) is 70.0 Å². The second-order valence-electron chi connectivity index (χ2n) is 3.38. The molecule has 0 aliphatic rings. The molecule has 0 saturated heterocycles. The third kappa shape index (κ3) is 2.13. The van der Waals surface area contributed by atoms with Gasteiger partial charge in [-0.25, -0.2) is 0 Å². The molecule has 0 saturated carbocycles. The highest BCUT2D eigenvalue weighted by atomic mass is 79.9. The van der Waals surface area contributed by atoms with Crippen molar-refractivity contribution in [3.8, 4) is 6.07 Å². The second-order valence-corrected chi connectivity index (χ2v) is 4.24. The Kier molecular flexibility index (Phi) is 3.27. The zero-order valence-electron chi connectivity index (χ0n) is 7.79. The van der Waals surface area contributed by atoms with Crippen LogP contribution >= 0.6 is 15.9 Å². The number of hydrogen-bond donors (Lipinski definition) is 2. The molecule has 1 aromatic rings. The maximum Gasteiger partial charge on any atom is 0.100 e. The van der Waals surface area contributed by atoms with Gasteiger partial charge < -0.3 is 10.8 Å². The number of rotatable bonds is 2. The molecule has 0 radical (unpaired) electrons. The van der Waals surface area contributed by atoms with E-state index in [1.807, 2.05) is 6.07 Å². The predicted octanol–water partition coefficient (Wildman–Crippen LogP) is 1.49. The molecule has 1 rings (SSSR count). The van der Waals surface area contributed by atoms with E-state index in [1.54, 1.807) is 25.1 Å². The van der Waals surface area contributed by atoms with E-state index in [2.05, 4.69) is 15.9 Å². The Morgan fingerprint density at radius 2 is 2.29 bits per heavy atom. The lowest BCUT2D eigenvalue weighted by Gasteiger charge is -2.22. The average molecular weight is 255 g/mol. The Morgan fingerprint density at radius 1 is 1.64 bits per heavy atom. The maximum atomic E-state index is 9.06. The first-order valence-corrected chi connectivity index (χ1v) is 4.90. The van der Waals surface area contributed by atoms with Gasteiger partial charge in [-0.1, -0.05) is 6.07 Å². The number of nitrogens with two attached hydrogens (primary N) is 1. The van der Waals surface area contributed by atoms with Crippen molar-refractivity contribution in [3.63, 3.8) is 0 Å². The van der Waals surface area contributed by atoms with Crippen molar-refractivity contribution in [2.24, 2.45) is 5.73 Å². The number of benzene rings is 1. The summed E-state index contributed by atoms with van der Waals surface area (Å²) in [6.45, 7) is 1.60. The fraction of sp³-hybridized carbons (Fsp3) is 0.300. The number of aliphatic hydroxyl groups excluding tert-OH is 1. The Balaban J connectivity index is 3.17. The van der Waals surface area contributed by atoms with Crippen molar-refractivity contribution < 1.29 is 5.11 Å². The number of aliphatic hydroxyl groups is 1. The summed E-state index contributed by atoms with van der Waals surface area (Å²) in [7, 11) is 0. The van der Waals surface area contributed by atoms with Crippen molar-refractivity contribution in [2.75, 3.05) is 6.61 Å². The normalized spacial score (nSPS) is 14.5. The zero-order valence-corrected chi connectivity index (χ0v) is 9.37. The largest absolute Gasteiger partial charge is 0.394 e. The Hall–Kier alpha value is -0.890. The van der Waals surface area contributed by atoms with Gasteiger partial charge >= 0.3 is 0 Å². The van der Waals surface area contributed by atoms with Crippen LogP contribution < -0.4 is 5.73 Å². The number of hydrogen-bond acceptors (Lipinski definition) is 3. The van der Waals surface area contributed by atoms with E-state index in [9.17, 15) is 0 Å². The summed E-state index contributed by atoms with van der Waals surface area (Å²) in [5.41, 5.74) is 6.43. The van der Waals surface area contributed by atoms with Gasteiger partial charge in [-0.15, -0.1) is 0 Å². The van der Waals surface area contributed by atoms with Crippen LogP contribution in [-0.2, 0) is 5.54 Å². The van der Waals surface area contributed by atoms with Gasteiger partial charge in [0.2, 0.25) is 0 Å². The summed E-state index contributed by atoms with van der Waals surface area (Å²) in [5, 5.41) is 17.8. The summed E-state index contributed by atoms with van der Waals surface area (Å²) in [6.07, 6.45) is 0. The molecular formula is C10H11BrN2O. The molecule has 0 heterocycles. The van der Waals surface area contributed by atoms with Gasteiger partial charge in [0.05, 0.1) is 17.7 Å². The van der Waals surface area contributed by atoms with Crippen LogP contribution in [0, 0.1) is 11.3 Å². The van der Waals surface area contributed by atoms with E-state index >= 15 is 0 Å². The molecule has 14 heavy (non-hydrogen) atoms. The van der Waals surface area contributed by atoms with Crippen LogP contribution in [0.15, 0.2) is 22.7 Å². The van der Waals surface area contributed by atoms with Crippen LogP contribution in [0.4, 0.5) is 0 Å². The minimum absolute atomic E-state index is 0.134. The van der Waals surface area contributed by atoms with Crippen molar-refractivity contribution in [3.05, 3.63) is 33.8 Å². The number of nitrogens with zero attached hydrogens (tertiary/aromatic N) is 1. The van der Waals surface area contributed by atoms with Crippen LogP contribution in [0.1, 0.15) is 18.1 Å². The van der Waals surface area contributed by atoms with E-state index in [1.165, 1.54) is 0 Å². The SMILES string of the molecule is C[C@](N)(CO)c1ccc(C#N)c(Br)c1. The fourth-order valence-electron chi connectivity index (χ4n) is 1.05. The van der Waals surface area contributed by atoms with Crippen molar-refractivity contribution in [1.82, 2.24) is 0 Å². The van der Waals surface area contributed by atoms with E-state index in [4.69, 9.17) is 16.1 Å². The highest BCUT2D eigenvalue weighted by Crippen LogP contribution is 2.23. The number of halogens is 1. The van der Waals surface area contributed by atoms with Crippen LogP contribution in [0.25, 0.3) is 0 Å². The van der Waals surface area contributed by atoms with Crippen LogP contribution in [-0.4, -0.2) is 11.7 Å². The molecule has 0 fully saturated rings. The monoisotopic (exact) mass is 254 g/mol. The second kappa shape index (κ2) is 4.09. The Morgan fingerprint density at radius 3 is 2.71 bits per heavy atom. The van der Waals surface area contributed by atoms with Gasteiger partial charge in [0, 0.05) is 4.47 Å². The maximum absolute atomic E-state index is 9.06. The van der Waals surface area contributed by atoms with Gasteiger partial charge in [0.1, 0.15) is 6.07 Å². The molecule has 4 heteroatoms. The highest BCUT2D eigenvalue weighted by molar-refractivity contribution is 9.10. The highest BCUT2D eigenvalue weighted by Gasteiger charge is 2.20. The summed E-state index contributed by atoms with van der Waals surface area (Å²) in [5.74, 6) is 0. The first-order valence-electron chi connectivity index (χ1n) is 4.11.